The first-order chi connectivity index (χ1) is 5.20. The lowest BCUT2D eigenvalue weighted by Gasteiger charge is -2.34. The van der Waals surface area contributed by atoms with Crippen molar-refractivity contribution in [1.82, 2.24) is 5.32 Å². The van der Waals surface area contributed by atoms with E-state index in [1.807, 2.05) is 0 Å². The van der Waals surface area contributed by atoms with E-state index in [0.29, 0.717) is 0 Å². The highest BCUT2D eigenvalue weighted by molar-refractivity contribution is 5.02. The molecule has 3 unspecified atom stereocenters. The van der Waals surface area contributed by atoms with E-state index in [-0.39, 0.29) is 5.54 Å². The predicted molar refractivity (Wildman–Crippen MR) is 46.3 cm³/mol. The molecule has 0 amide bonds. The van der Waals surface area contributed by atoms with Gasteiger partial charge in [-0.15, -0.1) is 0 Å². The number of nitrogens with two attached hydrogens (primary N) is 1. The fraction of sp³-hybridized carbons (Fsp3) is 1.00. The molecule has 0 bridgehead atoms. The van der Waals surface area contributed by atoms with Crippen LogP contribution in [0.3, 0.4) is 0 Å². The van der Waals surface area contributed by atoms with E-state index in [4.69, 9.17) is 5.73 Å². The van der Waals surface area contributed by atoms with Gasteiger partial charge >= 0.3 is 0 Å². The molecule has 0 spiro atoms. The van der Waals surface area contributed by atoms with E-state index in [2.05, 4.69) is 12.2 Å². The molecular formula is C9H18N2. The minimum atomic E-state index is 0.123. The second-order valence-corrected chi connectivity index (χ2v) is 4.35. The fourth-order valence-corrected chi connectivity index (χ4v) is 2.70. The summed E-state index contributed by atoms with van der Waals surface area (Å²) in [5, 5.41) is 3.56. The summed E-state index contributed by atoms with van der Waals surface area (Å²) in [6.45, 7) is 3.42. The zero-order chi connectivity index (χ0) is 7.90. The summed E-state index contributed by atoms with van der Waals surface area (Å²) >= 11 is 0. The van der Waals surface area contributed by atoms with Crippen LogP contribution in [0.2, 0.25) is 0 Å². The zero-order valence-electron chi connectivity index (χ0n) is 7.27. The Balaban J connectivity index is 2.10. The topological polar surface area (TPSA) is 38.0 Å². The molecule has 3 atom stereocenters. The Hall–Kier alpha value is -0.0800. The Labute approximate surface area is 68.5 Å². The quantitative estimate of drug-likeness (QED) is 0.543. The van der Waals surface area contributed by atoms with Gasteiger partial charge in [-0.2, -0.15) is 0 Å². The molecule has 1 saturated heterocycles. The van der Waals surface area contributed by atoms with E-state index in [1.165, 1.54) is 32.2 Å². The molecule has 1 heterocycles. The zero-order valence-corrected chi connectivity index (χ0v) is 7.27. The van der Waals surface area contributed by atoms with Crippen molar-refractivity contribution in [2.75, 3.05) is 6.54 Å². The van der Waals surface area contributed by atoms with E-state index in [0.717, 1.165) is 12.0 Å². The molecule has 0 radical (unpaired) electrons. The first-order valence-corrected chi connectivity index (χ1v) is 4.72. The van der Waals surface area contributed by atoms with Gasteiger partial charge in [-0.1, -0.05) is 0 Å². The highest BCUT2D eigenvalue weighted by Gasteiger charge is 2.42. The molecular weight excluding hydrogens is 136 g/mol. The van der Waals surface area contributed by atoms with Gasteiger partial charge in [0.15, 0.2) is 0 Å². The third-order valence-corrected chi connectivity index (χ3v) is 3.43. The van der Waals surface area contributed by atoms with E-state index >= 15 is 0 Å². The van der Waals surface area contributed by atoms with Gasteiger partial charge in [0, 0.05) is 11.6 Å². The standard InChI is InChI=1S/C9H18N2/c1-9(10)5-4-8-7(9)3-2-6-11-8/h7-8,11H,2-6,10H2,1H3. The molecule has 1 aliphatic heterocycles. The predicted octanol–water partition coefficient (Wildman–Crippen LogP) is 0.866. The van der Waals surface area contributed by atoms with Crippen LogP contribution in [0.15, 0.2) is 0 Å². The second-order valence-electron chi connectivity index (χ2n) is 4.35. The van der Waals surface area contributed by atoms with Crippen molar-refractivity contribution in [1.29, 1.82) is 0 Å². The molecule has 2 nitrogen and oxygen atoms in total. The van der Waals surface area contributed by atoms with Crippen LogP contribution in [0.5, 0.6) is 0 Å². The van der Waals surface area contributed by atoms with Crippen LogP contribution in [0.1, 0.15) is 32.6 Å². The fourth-order valence-electron chi connectivity index (χ4n) is 2.70. The molecule has 2 fully saturated rings. The molecule has 2 rings (SSSR count). The lowest BCUT2D eigenvalue weighted by atomic mass is 9.83. The average molecular weight is 154 g/mol. The van der Waals surface area contributed by atoms with Gasteiger partial charge in [0.2, 0.25) is 0 Å². The van der Waals surface area contributed by atoms with Gasteiger partial charge in [0.05, 0.1) is 0 Å². The second kappa shape index (κ2) is 2.46. The number of hydrogen-bond donors (Lipinski definition) is 2. The molecule has 64 valence electrons. The monoisotopic (exact) mass is 154 g/mol. The van der Waals surface area contributed by atoms with Crippen molar-refractivity contribution < 1.29 is 0 Å². The largest absolute Gasteiger partial charge is 0.325 e. The van der Waals surface area contributed by atoms with E-state index in [1.54, 1.807) is 0 Å². The summed E-state index contributed by atoms with van der Waals surface area (Å²) in [7, 11) is 0. The molecule has 11 heavy (non-hydrogen) atoms. The highest BCUT2D eigenvalue weighted by Crippen LogP contribution is 2.38. The van der Waals surface area contributed by atoms with Crippen LogP contribution in [0.4, 0.5) is 0 Å². The molecule has 2 aliphatic rings. The van der Waals surface area contributed by atoms with E-state index in [9.17, 15) is 0 Å². The highest BCUT2D eigenvalue weighted by atomic mass is 15.0. The summed E-state index contributed by atoms with van der Waals surface area (Å²) < 4.78 is 0. The first-order valence-electron chi connectivity index (χ1n) is 4.72. The van der Waals surface area contributed by atoms with Gasteiger partial charge in [-0.25, -0.2) is 0 Å². The normalized spacial score (nSPS) is 50.7. The molecule has 1 aliphatic carbocycles. The Morgan fingerprint density at radius 2 is 2.27 bits per heavy atom. The Morgan fingerprint density at radius 3 is 3.00 bits per heavy atom. The van der Waals surface area contributed by atoms with Gasteiger partial charge < -0.3 is 11.1 Å². The van der Waals surface area contributed by atoms with Gasteiger partial charge in [-0.05, 0) is 45.1 Å². The van der Waals surface area contributed by atoms with Crippen molar-refractivity contribution in [3.63, 3.8) is 0 Å². The van der Waals surface area contributed by atoms with Crippen LogP contribution < -0.4 is 11.1 Å². The number of rotatable bonds is 0. The van der Waals surface area contributed by atoms with Gasteiger partial charge in [0.25, 0.3) is 0 Å². The van der Waals surface area contributed by atoms with Crippen molar-refractivity contribution >= 4 is 0 Å². The third kappa shape index (κ3) is 1.18. The van der Waals surface area contributed by atoms with Crippen LogP contribution in [-0.4, -0.2) is 18.1 Å². The first kappa shape index (κ1) is 7.56. The van der Waals surface area contributed by atoms with Gasteiger partial charge in [0.1, 0.15) is 0 Å². The average Bonchev–Trinajstić information content (AvgIpc) is 2.29. The summed E-state index contributed by atoms with van der Waals surface area (Å²) in [5.41, 5.74) is 6.32. The minimum absolute atomic E-state index is 0.123. The molecule has 1 saturated carbocycles. The van der Waals surface area contributed by atoms with Crippen LogP contribution >= 0.6 is 0 Å². The maximum Gasteiger partial charge on any atom is 0.0169 e. The summed E-state index contributed by atoms with van der Waals surface area (Å²) in [5.74, 6) is 0.747. The molecule has 2 heteroatoms. The van der Waals surface area contributed by atoms with Crippen molar-refractivity contribution in [3.05, 3.63) is 0 Å². The van der Waals surface area contributed by atoms with Gasteiger partial charge in [-0.3, -0.25) is 0 Å². The van der Waals surface area contributed by atoms with Crippen LogP contribution in [-0.2, 0) is 0 Å². The Morgan fingerprint density at radius 1 is 1.45 bits per heavy atom. The summed E-state index contributed by atoms with van der Waals surface area (Å²) in [4.78, 5) is 0. The van der Waals surface area contributed by atoms with Crippen LogP contribution in [0.25, 0.3) is 0 Å². The molecule has 0 aromatic rings. The number of fused-ring (bicyclic) bond motifs is 1. The van der Waals surface area contributed by atoms with Crippen LogP contribution in [0, 0.1) is 5.92 Å². The summed E-state index contributed by atoms with van der Waals surface area (Å²) in [6, 6.07) is 0.735. The lowest BCUT2D eigenvalue weighted by Crippen LogP contribution is -2.49. The Bertz CT molecular complexity index is 154. The maximum absolute atomic E-state index is 6.19. The number of piperidine rings is 1. The van der Waals surface area contributed by atoms with E-state index < -0.39 is 0 Å². The van der Waals surface area contributed by atoms with Crippen molar-refractivity contribution in [2.24, 2.45) is 11.7 Å². The maximum atomic E-state index is 6.19. The number of hydrogen-bond acceptors (Lipinski definition) is 2. The van der Waals surface area contributed by atoms with Crippen molar-refractivity contribution in [3.8, 4) is 0 Å². The molecule has 3 N–H and O–H groups in total. The molecule has 0 aromatic carbocycles. The lowest BCUT2D eigenvalue weighted by molar-refractivity contribution is 0.242. The third-order valence-electron chi connectivity index (χ3n) is 3.43. The smallest absolute Gasteiger partial charge is 0.0169 e. The molecule has 0 aromatic heterocycles. The Kier molecular flexibility index (Phi) is 1.69. The minimum Gasteiger partial charge on any atom is -0.325 e. The van der Waals surface area contributed by atoms with Crippen molar-refractivity contribution in [2.45, 2.75) is 44.2 Å². The summed E-state index contributed by atoms with van der Waals surface area (Å²) in [6.07, 6.45) is 5.14. The SMILES string of the molecule is CC1(N)CCC2NCCCC21. The number of nitrogens with one attached hydrogen (secondary N) is 1.